The molecule has 0 aliphatic rings. The van der Waals surface area contributed by atoms with E-state index in [9.17, 15) is 31.1 Å². The van der Waals surface area contributed by atoms with E-state index in [1.165, 1.54) is 23.3 Å². The minimum atomic E-state index is -5.05. The molecule has 0 aliphatic carbocycles. The number of carbonyl (C=O) groups excluding carboxylic acids is 1. The van der Waals surface area contributed by atoms with Crippen LogP contribution in [0.25, 0.3) is 22.3 Å². The Morgan fingerprint density at radius 2 is 1.82 bits per heavy atom. The number of nitrogens with one attached hydrogen (secondary N) is 1. The van der Waals surface area contributed by atoms with Crippen molar-refractivity contribution in [2.45, 2.75) is 44.8 Å². The normalized spacial score (nSPS) is 12.8. The molecule has 0 spiro atoms. The maximum atomic E-state index is 14.4. The van der Waals surface area contributed by atoms with Gasteiger partial charge in [0.25, 0.3) is 5.91 Å². The van der Waals surface area contributed by atoms with Gasteiger partial charge in [-0.25, -0.2) is 9.97 Å². The van der Waals surface area contributed by atoms with Crippen molar-refractivity contribution in [1.29, 1.82) is 0 Å². The van der Waals surface area contributed by atoms with Crippen LogP contribution in [0, 0.1) is 0 Å². The first-order valence-corrected chi connectivity index (χ1v) is 15.6. The van der Waals surface area contributed by atoms with Gasteiger partial charge < -0.3 is 14.6 Å². The third-order valence-corrected chi connectivity index (χ3v) is 7.58. The van der Waals surface area contributed by atoms with E-state index in [1.807, 2.05) is 0 Å². The highest BCUT2D eigenvalue weighted by molar-refractivity contribution is 6.76. The minimum Gasteiger partial charge on any atom is -0.361 e. The smallest absolute Gasteiger partial charge is 0.361 e. The van der Waals surface area contributed by atoms with Crippen LogP contribution in [-0.4, -0.2) is 49.9 Å². The Morgan fingerprint density at radius 3 is 2.48 bits per heavy atom. The van der Waals surface area contributed by atoms with E-state index in [0.29, 0.717) is 18.3 Å². The zero-order valence-corrected chi connectivity index (χ0v) is 22.9. The van der Waals surface area contributed by atoms with Gasteiger partial charge in [0.2, 0.25) is 0 Å². The molecule has 0 aromatic carbocycles. The fourth-order valence-electron chi connectivity index (χ4n) is 3.95. The summed E-state index contributed by atoms with van der Waals surface area (Å²) in [5, 5.41) is 6.34. The summed E-state index contributed by atoms with van der Waals surface area (Å²) in [6.07, 6.45) is -5.10. The number of alkyl halides is 6. The molecule has 0 bridgehead atoms. The van der Waals surface area contributed by atoms with Gasteiger partial charge in [-0.3, -0.25) is 14.5 Å². The van der Waals surface area contributed by atoms with Crippen LogP contribution < -0.4 is 5.32 Å². The molecule has 0 radical (unpaired) electrons. The van der Waals surface area contributed by atoms with Crippen LogP contribution in [0.4, 0.5) is 32.0 Å². The van der Waals surface area contributed by atoms with Crippen molar-refractivity contribution in [2.75, 3.05) is 11.9 Å². The van der Waals surface area contributed by atoms with E-state index >= 15 is 0 Å². The first-order valence-electron chi connectivity index (χ1n) is 11.9. The van der Waals surface area contributed by atoms with Crippen molar-refractivity contribution in [3.05, 3.63) is 54.0 Å². The molecule has 4 aromatic heterocycles. The molecule has 214 valence electrons. The topological polar surface area (TPSA) is 99.8 Å². The average Bonchev–Trinajstić information content (AvgIpc) is 3.38. The summed E-state index contributed by atoms with van der Waals surface area (Å²) in [5.74, 6) is -1.30. The molecule has 4 heterocycles. The SMILES string of the molecule is Cn1nc(-c2cn(COCC[Si](C)(C)C)c3ncncc23)c(C(F)(F)F)c1C(=O)Nc1ccnc(C(F)(F)F)c1. The van der Waals surface area contributed by atoms with E-state index in [-0.39, 0.29) is 23.4 Å². The monoisotopic (exact) mass is 585 g/mol. The highest BCUT2D eigenvalue weighted by atomic mass is 28.3. The van der Waals surface area contributed by atoms with E-state index in [1.54, 1.807) is 0 Å². The molecule has 4 rings (SSSR count). The minimum absolute atomic E-state index is 0.00893. The second-order valence-corrected chi connectivity index (χ2v) is 15.8. The molecular weight excluding hydrogens is 560 g/mol. The second kappa shape index (κ2) is 10.6. The predicted octanol–water partition coefficient (Wildman–Crippen LogP) is 5.83. The molecule has 40 heavy (non-hydrogen) atoms. The van der Waals surface area contributed by atoms with E-state index in [4.69, 9.17) is 4.74 Å². The number of carbonyl (C=O) groups is 1. The Hall–Kier alpha value is -3.79. The number of hydrogen-bond acceptors (Lipinski definition) is 6. The van der Waals surface area contributed by atoms with Crippen molar-refractivity contribution in [3.8, 4) is 11.3 Å². The van der Waals surface area contributed by atoms with Crippen LogP contribution in [0.2, 0.25) is 25.7 Å². The molecule has 4 aromatic rings. The molecular formula is C24H25F6N7O2Si. The Balaban J connectivity index is 1.75. The van der Waals surface area contributed by atoms with Crippen molar-refractivity contribution < 1.29 is 35.9 Å². The Morgan fingerprint density at radius 1 is 1.10 bits per heavy atom. The zero-order chi connectivity index (χ0) is 29.5. The van der Waals surface area contributed by atoms with Gasteiger partial charge >= 0.3 is 12.4 Å². The Bertz CT molecular complexity index is 1540. The maximum absolute atomic E-state index is 14.4. The number of hydrogen-bond donors (Lipinski definition) is 1. The maximum Gasteiger partial charge on any atom is 0.433 e. The van der Waals surface area contributed by atoms with Gasteiger partial charge in [0, 0.05) is 57.0 Å². The number of fused-ring (bicyclic) bond motifs is 1. The molecule has 9 nitrogen and oxygen atoms in total. The van der Waals surface area contributed by atoms with Crippen LogP contribution in [0.15, 0.2) is 37.1 Å². The lowest BCUT2D eigenvalue weighted by Gasteiger charge is -2.15. The standard InChI is InChI=1S/C24H25F6N7O2Si/c1-36-20(22(38)34-14-5-6-32-17(9-14)23(25,26)27)18(24(28,29)30)19(35-36)16-11-37(13-39-7-8-40(2,3)4)21-15(16)10-31-12-33-21/h5-6,9-12H,7-8,13H2,1-4H3,(H,32,34,38). The Labute approximate surface area is 225 Å². The summed E-state index contributed by atoms with van der Waals surface area (Å²) >= 11 is 0. The molecule has 0 saturated heterocycles. The van der Waals surface area contributed by atoms with Gasteiger partial charge in [-0.15, -0.1) is 0 Å². The summed E-state index contributed by atoms with van der Waals surface area (Å²) in [6, 6.07) is 2.44. The third kappa shape index (κ3) is 6.33. The lowest BCUT2D eigenvalue weighted by atomic mass is 10.1. The molecule has 0 atom stereocenters. The first kappa shape index (κ1) is 29.2. The molecule has 0 unspecified atom stereocenters. The number of halogens is 6. The van der Waals surface area contributed by atoms with Gasteiger partial charge in [0.05, 0.1) is 0 Å². The summed E-state index contributed by atoms with van der Waals surface area (Å²) in [5.41, 5.74) is -4.20. The second-order valence-electron chi connectivity index (χ2n) is 10.2. The van der Waals surface area contributed by atoms with Crippen molar-refractivity contribution in [3.63, 3.8) is 0 Å². The predicted molar refractivity (Wildman–Crippen MR) is 136 cm³/mol. The fraction of sp³-hybridized carbons (Fsp3) is 0.375. The quantitative estimate of drug-likeness (QED) is 0.159. The van der Waals surface area contributed by atoms with Crippen molar-refractivity contribution >= 4 is 30.7 Å². The number of aryl methyl sites for hydroxylation is 1. The van der Waals surface area contributed by atoms with Gasteiger partial charge in [-0.2, -0.15) is 31.4 Å². The highest BCUT2D eigenvalue weighted by Crippen LogP contribution is 2.41. The van der Waals surface area contributed by atoms with Crippen LogP contribution in [-0.2, 0) is 30.9 Å². The number of rotatable bonds is 8. The van der Waals surface area contributed by atoms with Crippen LogP contribution in [0.3, 0.4) is 0 Å². The largest absolute Gasteiger partial charge is 0.433 e. The van der Waals surface area contributed by atoms with Gasteiger partial charge in [-0.05, 0) is 18.2 Å². The van der Waals surface area contributed by atoms with Gasteiger partial charge in [0.1, 0.15) is 41.4 Å². The van der Waals surface area contributed by atoms with Crippen molar-refractivity contribution in [2.24, 2.45) is 7.05 Å². The summed E-state index contributed by atoms with van der Waals surface area (Å²) in [7, 11) is -0.239. The molecule has 1 amide bonds. The highest BCUT2D eigenvalue weighted by Gasteiger charge is 2.43. The molecule has 16 heteroatoms. The molecule has 0 saturated carbocycles. The number of pyridine rings is 1. The molecule has 0 fully saturated rings. The molecule has 0 aliphatic heterocycles. The summed E-state index contributed by atoms with van der Waals surface area (Å²) < 4.78 is 90.4. The lowest BCUT2D eigenvalue weighted by molar-refractivity contribution is -0.141. The molecule has 1 N–H and O–H groups in total. The van der Waals surface area contributed by atoms with E-state index in [0.717, 1.165) is 30.0 Å². The average molecular weight is 586 g/mol. The van der Waals surface area contributed by atoms with Crippen molar-refractivity contribution in [1.82, 2.24) is 29.3 Å². The Kier molecular flexibility index (Phi) is 7.77. The first-order chi connectivity index (χ1) is 18.6. The fourth-order valence-corrected chi connectivity index (χ4v) is 4.71. The number of nitrogens with zero attached hydrogens (tertiary/aromatic N) is 6. The van der Waals surface area contributed by atoms with E-state index in [2.05, 4.69) is 45.0 Å². The number of ether oxygens (including phenoxy) is 1. The van der Waals surface area contributed by atoms with E-state index < -0.39 is 49.0 Å². The van der Waals surface area contributed by atoms with Crippen LogP contribution in [0.5, 0.6) is 0 Å². The zero-order valence-electron chi connectivity index (χ0n) is 21.9. The van der Waals surface area contributed by atoms with Crippen LogP contribution in [0.1, 0.15) is 21.7 Å². The van der Waals surface area contributed by atoms with Gasteiger partial charge in [0.15, 0.2) is 0 Å². The van der Waals surface area contributed by atoms with Crippen LogP contribution >= 0.6 is 0 Å². The summed E-state index contributed by atoms with van der Waals surface area (Å²) in [4.78, 5) is 24.3. The summed E-state index contributed by atoms with van der Waals surface area (Å²) in [6.45, 7) is 7.03. The third-order valence-electron chi connectivity index (χ3n) is 5.87. The number of anilines is 1. The van der Waals surface area contributed by atoms with Gasteiger partial charge in [-0.1, -0.05) is 19.6 Å². The lowest BCUT2D eigenvalue weighted by Crippen LogP contribution is -2.22. The number of amides is 1. The number of aromatic nitrogens is 6.